The average molecular weight is 367 g/mol. The van der Waals surface area contributed by atoms with Crippen molar-refractivity contribution in [3.8, 4) is 11.3 Å². The van der Waals surface area contributed by atoms with E-state index < -0.39 is 10.0 Å². The van der Waals surface area contributed by atoms with Crippen LogP contribution in [0.3, 0.4) is 0 Å². The fraction of sp³-hybridized carbons (Fsp3) is 0.150. The van der Waals surface area contributed by atoms with Crippen LogP contribution in [0.1, 0.15) is 11.1 Å². The van der Waals surface area contributed by atoms with Gasteiger partial charge >= 0.3 is 0 Å². The molecule has 3 aromatic rings. The van der Waals surface area contributed by atoms with E-state index in [-0.39, 0.29) is 5.75 Å². The second-order valence-electron chi connectivity index (χ2n) is 5.90. The SMILES string of the molecule is CNc1cn(S(=O)(=O)CC=Cc2cccnc2)c(-c2ccccc2)c1C. The maximum atomic E-state index is 13.0. The van der Waals surface area contributed by atoms with E-state index in [9.17, 15) is 8.42 Å². The third-order valence-electron chi connectivity index (χ3n) is 4.14. The topological polar surface area (TPSA) is 64.0 Å². The Labute approximate surface area is 154 Å². The highest BCUT2D eigenvalue weighted by atomic mass is 32.2. The average Bonchev–Trinajstić information content (AvgIpc) is 3.00. The number of anilines is 1. The molecular formula is C20H21N3O2S. The van der Waals surface area contributed by atoms with E-state index >= 15 is 0 Å². The summed E-state index contributed by atoms with van der Waals surface area (Å²) in [7, 11) is -1.76. The Balaban J connectivity index is 1.98. The molecule has 0 atom stereocenters. The van der Waals surface area contributed by atoms with Crippen LogP contribution in [0, 0.1) is 6.92 Å². The smallest absolute Gasteiger partial charge is 0.242 e. The van der Waals surface area contributed by atoms with Crippen LogP contribution in [0.15, 0.2) is 67.1 Å². The Morgan fingerprint density at radius 2 is 1.92 bits per heavy atom. The predicted octanol–water partition coefficient (Wildman–Crippen LogP) is 3.79. The largest absolute Gasteiger partial charge is 0.387 e. The summed E-state index contributed by atoms with van der Waals surface area (Å²) in [6.07, 6.45) is 8.43. The molecule has 2 heterocycles. The zero-order chi connectivity index (χ0) is 18.6. The Morgan fingerprint density at radius 1 is 1.15 bits per heavy atom. The van der Waals surface area contributed by atoms with E-state index in [4.69, 9.17) is 0 Å². The molecule has 0 fully saturated rings. The second-order valence-corrected chi connectivity index (χ2v) is 7.79. The van der Waals surface area contributed by atoms with E-state index in [2.05, 4.69) is 10.3 Å². The summed E-state index contributed by atoms with van der Waals surface area (Å²) in [6.45, 7) is 1.92. The molecule has 0 radical (unpaired) electrons. The minimum absolute atomic E-state index is 0.0982. The molecule has 0 amide bonds. The molecule has 1 N–H and O–H groups in total. The molecule has 0 unspecified atom stereocenters. The molecule has 0 saturated carbocycles. The number of pyridine rings is 1. The number of nitrogens with zero attached hydrogens (tertiary/aromatic N) is 2. The Hall–Kier alpha value is -2.86. The molecule has 0 bridgehead atoms. The molecular weight excluding hydrogens is 346 g/mol. The summed E-state index contributed by atoms with van der Waals surface area (Å²) in [5.41, 5.74) is 4.11. The van der Waals surface area contributed by atoms with E-state index in [0.717, 1.165) is 22.4 Å². The van der Waals surface area contributed by atoms with Gasteiger partial charge < -0.3 is 5.32 Å². The van der Waals surface area contributed by atoms with E-state index in [1.807, 2.05) is 49.4 Å². The van der Waals surface area contributed by atoms with E-state index in [0.29, 0.717) is 5.69 Å². The maximum absolute atomic E-state index is 13.0. The van der Waals surface area contributed by atoms with E-state index in [1.54, 1.807) is 37.8 Å². The summed E-state index contributed by atoms with van der Waals surface area (Å²) >= 11 is 0. The van der Waals surface area contributed by atoms with Gasteiger partial charge in [0, 0.05) is 25.6 Å². The van der Waals surface area contributed by atoms with Gasteiger partial charge in [-0.15, -0.1) is 0 Å². The standard InChI is InChI=1S/C20H21N3O2S/c1-16-19(21-2)15-23(20(16)18-10-4-3-5-11-18)26(24,25)13-7-9-17-8-6-12-22-14-17/h3-12,14-15,21H,13H2,1-2H3. The van der Waals surface area contributed by atoms with Crippen LogP contribution in [-0.4, -0.2) is 30.2 Å². The third-order valence-corrected chi connectivity index (χ3v) is 5.64. The molecule has 0 spiro atoms. The van der Waals surface area contributed by atoms with Gasteiger partial charge in [-0.05, 0) is 29.7 Å². The van der Waals surface area contributed by atoms with Crippen LogP contribution in [0.4, 0.5) is 5.69 Å². The first-order chi connectivity index (χ1) is 12.5. The quantitative estimate of drug-likeness (QED) is 0.720. The highest BCUT2D eigenvalue weighted by Crippen LogP contribution is 2.32. The van der Waals surface area contributed by atoms with Gasteiger partial charge in [-0.1, -0.05) is 48.6 Å². The first-order valence-electron chi connectivity index (χ1n) is 8.28. The number of aromatic nitrogens is 2. The first kappa shape index (κ1) is 17.9. The van der Waals surface area contributed by atoms with Gasteiger partial charge in [0.05, 0.1) is 17.1 Å². The predicted molar refractivity (Wildman–Crippen MR) is 107 cm³/mol. The number of hydrogen-bond donors (Lipinski definition) is 1. The van der Waals surface area contributed by atoms with Gasteiger partial charge in [-0.25, -0.2) is 12.4 Å². The number of hydrogen-bond acceptors (Lipinski definition) is 4. The molecule has 0 saturated heterocycles. The first-order valence-corrected chi connectivity index (χ1v) is 9.89. The molecule has 1 aromatic carbocycles. The fourth-order valence-corrected chi connectivity index (χ4v) is 4.13. The second kappa shape index (κ2) is 7.58. The maximum Gasteiger partial charge on any atom is 0.242 e. The van der Waals surface area contributed by atoms with Crippen molar-refractivity contribution in [1.29, 1.82) is 0 Å². The highest BCUT2D eigenvalue weighted by molar-refractivity contribution is 7.90. The molecule has 3 rings (SSSR count). The summed E-state index contributed by atoms with van der Waals surface area (Å²) in [5.74, 6) is -0.0982. The van der Waals surface area contributed by atoms with Crippen molar-refractivity contribution in [1.82, 2.24) is 8.96 Å². The van der Waals surface area contributed by atoms with Crippen LogP contribution in [0.25, 0.3) is 17.3 Å². The van der Waals surface area contributed by atoms with Crippen molar-refractivity contribution in [2.45, 2.75) is 6.92 Å². The van der Waals surface area contributed by atoms with Gasteiger partial charge in [0.15, 0.2) is 0 Å². The molecule has 134 valence electrons. The van der Waals surface area contributed by atoms with Crippen molar-refractivity contribution >= 4 is 21.8 Å². The third kappa shape index (κ3) is 3.70. The normalized spacial score (nSPS) is 11.8. The molecule has 2 aromatic heterocycles. The van der Waals surface area contributed by atoms with Crippen molar-refractivity contribution in [2.75, 3.05) is 18.1 Å². The van der Waals surface area contributed by atoms with Gasteiger partial charge in [-0.2, -0.15) is 0 Å². The molecule has 6 heteroatoms. The number of nitrogens with one attached hydrogen (secondary N) is 1. The lowest BCUT2D eigenvalue weighted by Gasteiger charge is -2.10. The lowest BCUT2D eigenvalue weighted by atomic mass is 10.1. The Kier molecular flexibility index (Phi) is 5.23. The van der Waals surface area contributed by atoms with Crippen LogP contribution in [-0.2, 0) is 10.0 Å². The van der Waals surface area contributed by atoms with Gasteiger partial charge in [-0.3, -0.25) is 4.98 Å². The van der Waals surface area contributed by atoms with Gasteiger partial charge in [0.1, 0.15) is 0 Å². The van der Waals surface area contributed by atoms with Crippen molar-refractivity contribution in [3.63, 3.8) is 0 Å². The minimum atomic E-state index is -3.55. The van der Waals surface area contributed by atoms with Gasteiger partial charge in [0.2, 0.25) is 10.0 Å². The molecule has 26 heavy (non-hydrogen) atoms. The van der Waals surface area contributed by atoms with Crippen molar-refractivity contribution < 1.29 is 8.42 Å². The monoisotopic (exact) mass is 367 g/mol. The lowest BCUT2D eigenvalue weighted by molar-refractivity contribution is 0.591. The zero-order valence-electron chi connectivity index (χ0n) is 14.8. The Bertz CT molecular complexity index is 1010. The molecule has 0 aliphatic carbocycles. The summed E-state index contributed by atoms with van der Waals surface area (Å²) < 4.78 is 27.3. The zero-order valence-corrected chi connectivity index (χ0v) is 15.6. The van der Waals surface area contributed by atoms with Crippen LogP contribution < -0.4 is 5.32 Å². The lowest BCUT2D eigenvalue weighted by Crippen LogP contribution is -2.15. The summed E-state index contributed by atoms with van der Waals surface area (Å²) in [4.78, 5) is 4.02. The Morgan fingerprint density at radius 3 is 2.58 bits per heavy atom. The fourth-order valence-electron chi connectivity index (χ4n) is 2.84. The van der Waals surface area contributed by atoms with Gasteiger partial charge in [0.25, 0.3) is 0 Å². The van der Waals surface area contributed by atoms with Crippen LogP contribution >= 0.6 is 0 Å². The number of rotatable bonds is 6. The van der Waals surface area contributed by atoms with E-state index in [1.165, 1.54) is 3.97 Å². The highest BCUT2D eigenvalue weighted by Gasteiger charge is 2.21. The molecule has 5 nitrogen and oxygen atoms in total. The molecule has 0 aliphatic heterocycles. The molecule has 0 aliphatic rings. The summed E-state index contributed by atoms with van der Waals surface area (Å²) in [6, 6.07) is 13.2. The minimum Gasteiger partial charge on any atom is -0.387 e. The van der Waals surface area contributed by atoms with Crippen molar-refractivity contribution in [3.05, 3.63) is 78.3 Å². The number of benzene rings is 1. The van der Waals surface area contributed by atoms with Crippen LogP contribution in [0.5, 0.6) is 0 Å². The van der Waals surface area contributed by atoms with Crippen LogP contribution in [0.2, 0.25) is 0 Å². The summed E-state index contributed by atoms with van der Waals surface area (Å²) in [5, 5.41) is 3.07. The van der Waals surface area contributed by atoms with Crippen molar-refractivity contribution in [2.24, 2.45) is 0 Å².